The van der Waals surface area contributed by atoms with Crippen molar-refractivity contribution in [3.05, 3.63) is 0 Å². The summed E-state index contributed by atoms with van der Waals surface area (Å²) >= 11 is 5.61. The smallest absolute Gasteiger partial charge is 0.335 e. The second-order valence-corrected chi connectivity index (χ2v) is 3.38. The van der Waals surface area contributed by atoms with Crippen molar-refractivity contribution < 1.29 is 14.3 Å². The molecule has 1 rings (SSSR count). The van der Waals surface area contributed by atoms with Crippen LogP contribution in [-0.2, 0) is 14.3 Å². The van der Waals surface area contributed by atoms with Crippen molar-refractivity contribution >= 4 is 17.6 Å². The third-order valence-corrected chi connectivity index (χ3v) is 2.44. The molecule has 0 radical (unpaired) electrons. The van der Waals surface area contributed by atoms with Crippen LogP contribution in [-0.4, -0.2) is 31.2 Å². The van der Waals surface area contributed by atoms with Gasteiger partial charge in [0.25, 0.3) is 0 Å². The summed E-state index contributed by atoms with van der Waals surface area (Å²) in [6.45, 7) is 1.97. The van der Waals surface area contributed by atoms with E-state index in [1.165, 1.54) is 7.11 Å². The van der Waals surface area contributed by atoms with Gasteiger partial charge in [0.05, 0.1) is 13.2 Å². The summed E-state index contributed by atoms with van der Waals surface area (Å²) in [4.78, 5) is 11.1. The monoisotopic (exact) mass is 192 g/mol. The number of hydrogen-bond donors (Lipinski definition) is 0. The number of alkyl halides is 1. The Morgan fingerprint density at radius 2 is 2.42 bits per heavy atom. The van der Waals surface area contributed by atoms with Crippen molar-refractivity contribution in [3.63, 3.8) is 0 Å². The first kappa shape index (κ1) is 9.81. The topological polar surface area (TPSA) is 35.5 Å². The van der Waals surface area contributed by atoms with Gasteiger partial charge in [0, 0.05) is 5.88 Å². The Hall–Kier alpha value is -0.280. The molecule has 0 aromatic heterocycles. The molecule has 0 saturated carbocycles. The van der Waals surface area contributed by atoms with Crippen molar-refractivity contribution in [3.8, 4) is 0 Å². The Labute approximate surface area is 77.0 Å². The second-order valence-electron chi connectivity index (χ2n) is 3.07. The minimum Gasteiger partial charge on any atom is -0.467 e. The van der Waals surface area contributed by atoms with E-state index in [4.69, 9.17) is 16.3 Å². The minimum atomic E-state index is -0.418. The van der Waals surface area contributed by atoms with Gasteiger partial charge in [-0.05, 0) is 12.3 Å². The van der Waals surface area contributed by atoms with E-state index >= 15 is 0 Å². The molecule has 4 heteroatoms. The molecule has 0 N–H and O–H groups in total. The van der Waals surface area contributed by atoms with Gasteiger partial charge in [0.1, 0.15) is 0 Å². The fourth-order valence-corrected chi connectivity index (χ4v) is 1.64. The summed E-state index contributed by atoms with van der Waals surface area (Å²) in [6.07, 6.45) is 0.424. The van der Waals surface area contributed by atoms with Crippen molar-refractivity contribution in [1.82, 2.24) is 0 Å². The fourth-order valence-electron chi connectivity index (χ4n) is 1.44. The van der Waals surface area contributed by atoms with Crippen LogP contribution >= 0.6 is 11.6 Å². The lowest BCUT2D eigenvalue weighted by molar-refractivity contribution is -0.154. The maximum atomic E-state index is 11.1. The molecule has 70 valence electrons. The van der Waals surface area contributed by atoms with E-state index in [1.807, 2.05) is 6.92 Å². The molecule has 0 bridgehead atoms. The first-order chi connectivity index (χ1) is 5.69. The first-order valence-electron chi connectivity index (χ1n) is 3.98. The third kappa shape index (κ3) is 1.90. The molecule has 1 aliphatic heterocycles. The summed E-state index contributed by atoms with van der Waals surface area (Å²) in [7, 11) is 1.37. The molecule has 3 nitrogen and oxygen atoms in total. The number of rotatable bonds is 2. The molecule has 0 aromatic rings. The zero-order chi connectivity index (χ0) is 9.14. The molecular formula is C8H13ClO3. The Morgan fingerprint density at radius 1 is 1.75 bits per heavy atom. The van der Waals surface area contributed by atoms with Crippen molar-refractivity contribution in [2.75, 3.05) is 13.0 Å². The van der Waals surface area contributed by atoms with Crippen molar-refractivity contribution in [2.45, 2.75) is 25.6 Å². The molecular weight excluding hydrogens is 180 g/mol. The highest BCUT2D eigenvalue weighted by atomic mass is 35.5. The largest absolute Gasteiger partial charge is 0.467 e. The standard InChI is InChI=1S/C8H13ClO3/c1-5-3-6(4-9)12-7(5)8(10)11-2/h5-7H,3-4H2,1-2H3. The summed E-state index contributed by atoms with van der Waals surface area (Å²) < 4.78 is 9.96. The first-order valence-corrected chi connectivity index (χ1v) is 4.51. The maximum absolute atomic E-state index is 11.1. The molecule has 1 heterocycles. The number of ether oxygens (including phenoxy) is 2. The molecule has 0 aromatic carbocycles. The minimum absolute atomic E-state index is 0.00534. The Kier molecular flexibility index (Phi) is 3.35. The van der Waals surface area contributed by atoms with Crippen LogP contribution in [0.25, 0.3) is 0 Å². The Bertz CT molecular complexity index is 172. The van der Waals surface area contributed by atoms with Crippen LogP contribution < -0.4 is 0 Å². The van der Waals surface area contributed by atoms with Gasteiger partial charge in [-0.3, -0.25) is 0 Å². The van der Waals surface area contributed by atoms with E-state index in [2.05, 4.69) is 4.74 Å². The summed E-state index contributed by atoms with van der Waals surface area (Å²) in [5, 5.41) is 0. The van der Waals surface area contributed by atoms with Crippen LogP contribution in [0.1, 0.15) is 13.3 Å². The molecule has 1 fully saturated rings. The summed E-state index contributed by atoms with van der Waals surface area (Å²) in [5.74, 6) is 0.356. The van der Waals surface area contributed by atoms with Gasteiger partial charge in [-0.15, -0.1) is 11.6 Å². The highest BCUT2D eigenvalue weighted by Crippen LogP contribution is 2.27. The van der Waals surface area contributed by atoms with Crippen LogP contribution in [0.5, 0.6) is 0 Å². The average molecular weight is 193 g/mol. The lowest BCUT2D eigenvalue weighted by Crippen LogP contribution is -2.27. The highest BCUT2D eigenvalue weighted by molar-refractivity contribution is 6.18. The van der Waals surface area contributed by atoms with Crippen LogP contribution in [0.3, 0.4) is 0 Å². The lowest BCUT2D eigenvalue weighted by atomic mass is 10.0. The van der Waals surface area contributed by atoms with Gasteiger partial charge >= 0.3 is 5.97 Å². The number of hydrogen-bond acceptors (Lipinski definition) is 3. The normalized spacial score (nSPS) is 35.1. The predicted molar refractivity (Wildman–Crippen MR) is 45.2 cm³/mol. The lowest BCUT2D eigenvalue weighted by Gasteiger charge is -2.11. The average Bonchev–Trinajstić information content (AvgIpc) is 2.45. The number of carbonyl (C=O) groups is 1. The number of methoxy groups -OCH3 is 1. The van der Waals surface area contributed by atoms with E-state index in [1.54, 1.807) is 0 Å². The van der Waals surface area contributed by atoms with Gasteiger partial charge in [-0.2, -0.15) is 0 Å². The van der Waals surface area contributed by atoms with E-state index < -0.39 is 6.10 Å². The number of halogens is 1. The SMILES string of the molecule is COC(=O)C1OC(CCl)CC1C. The van der Waals surface area contributed by atoms with Crippen LogP contribution in [0, 0.1) is 5.92 Å². The Morgan fingerprint density at radius 3 is 2.83 bits per heavy atom. The van der Waals surface area contributed by atoms with Gasteiger partial charge in [-0.1, -0.05) is 6.92 Å². The summed E-state index contributed by atoms with van der Waals surface area (Å²) in [5.41, 5.74) is 0. The summed E-state index contributed by atoms with van der Waals surface area (Å²) in [6, 6.07) is 0. The molecule has 3 unspecified atom stereocenters. The van der Waals surface area contributed by atoms with E-state index in [0.717, 1.165) is 6.42 Å². The van der Waals surface area contributed by atoms with E-state index in [0.29, 0.717) is 5.88 Å². The van der Waals surface area contributed by atoms with Gasteiger partial charge in [-0.25, -0.2) is 4.79 Å². The van der Waals surface area contributed by atoms with E-state index in [-0.39, 0.29) is 18.0 Å². The molecule has 0 amide bonds. The van der Waals surface area contributed by atoms with E-state index in [9.17, 15) is 4.79 Å². The van der Waals surface area contributed by atoms with Gasteiger partial charge in [0.15, 0.2) is 6.10 Å². The fraction of sp³-hybridized carbons (Fsp3) is 0.875. The quantitative estimate of drug-likeness (QED) is 0.487. The zero-order valence-electron chi connectivity index (χ0n) is 7.25. The van der Waals surface area contributed by atoms with Gasteiger partial charge < -0.3 is 9.47 Å². The van der Waals surface area contributed by atoms with Crippen LogP contribution in [0.4, 0.5) is 0 Å². The zero-order valence-corrected chi connectivity index (χ0v) is 8.00. The molecule has 3 atom stereocenters. The van der Waals surface area contributed by atoms with Crippen LogP contribution in [0.2, 0.25) is 0 Å². The third-order valence-electron chi connectivity index (χ3n) is 2.10. The highest BCUT2D eigenvalue weighted by Gasteiger charge is 2.37. The Balaban J connectivity index is 2.51. The maximum Gasteiger partial charge on any atom is 0.335 e. The van der Waals surface area contributed by atoms with Crippen molar-refractivity contribution in [1.29, 1.82) is 0 Å². The second kappa shape index (κ2) is 4.10. The molecule has 12 heavy (non-hydrogen) atoms. The predicted octanol–water partition coefficient (Wildman–Crippen LogP) is 1.19. The molecule has 1 aliphatic rings. The molecule has 0 spiro atoms. The number of esters is 1. The van der Waals surface area contributed by atoms with Gasteiger partial charge in [0.2, 0.25) is 0 Å². The number of carbonyl (C=O) groups excluding carboxylic acids is 1. The molecule has 1 saturated heterocycles. The van der Waals surface area contributed by atoms with Crippen LogP contribution in [0.15, 0.2) is 0 Å². The molecule has 0 aliphatic carbocycles. The van der Waals surface area contributed by atoms with Crippen molar-refractivity contribution in [2.24, 2.45) is 5.92 Å².